The van der Waals surface area contributed by atoms with Gasteiger partial charge in [0.1, 0.15) is 0 Å². The van der Waals surface area contributed by atoms with E-state index >= 15 is 0 Å². The summed E-state index contributed by atoms with van der Waals surface area (Å²) in [7, 11) is -2.36. The van der Waals surface area contributed by atoms with Crippen molar-refractivity contribution in [3.8, 4) is 0 Å². The van der Waals surface area contributed by atoms with Crippen LogP contribution in [-0.4, -0.2) is 74.7 Å². The fraction of sp³-hybridized carbons (Fsp3) is 0.346. The van der Waals surface area contributed by atoms with E-state index in [1.54, 1.807) is 18.2 Å². The minimum atomic E-state index is -3.78. The lowest BCUT2D eigenvalue weighted by atomic mass is 10.1. The molecule has 0 radical (unpaired) electrons. The number of nitrogens with zero attached hydrogens (tertiary/aromatic N) is 3. The first-order chi connectivity index (χ1) is 16.3. The highest BCUT2D eigenvalue weighted by Crippen LogP contribution is 2.21. The van der Waals surface area contributed by atoms with E-state index in [0.29, 0.717) is 5.69 Å². The van der Waals surface area contributed by atoms with Gasteiger partial charge in [0.05, 0.1) is 11.4 Å². The smallest absolute Gasteiger partial charge is 0.243 e. The molecule has 0 saturated carbocycles. The van der Waals surface area contributed by atoms with Gasteiger partial charge in [0.2, 0.25) is 15.9 Å². The third kappa shape index (κ3) is 5.82. The number of nitrogens with one attached hydrogen (secondary N) is 1. The topological polar surface area (TPSA) is 73.0 Å². The molecule has 1 heterocycles. The van der Waals surface area contributed by atoms with Crippen LogP contribution in [0.25, 0.3) is 10.8 Å². The van der Waals surface area contributed by atoms with Crippen molar-refractivity contribution in [1.29, 1.82) is 0 Å². The van der Waals surface area contributed by atoms with Gasteiger partial charge in [0.15, 0.2) is 0 Å². The molecule has 4 rings (SSSR count). The standard InChI is InChI=1S/C26H32N4O3S/c1-3-29-14-16-30(17-15-29)19-21-8-11-24(12-9-21)27-26(31)20-28(2)34(32,33)25-13-10-22-6-4-5-7-23(22)18-25/h4-13,18H,3,14-17,19-20H2,1-2H3,(H,27,31). The molecule has 34 heavy (non-hydrogen) atoms. The van der Waals surface area contributed by atoms with Crippen molar-refractivity contribution in [2.45, 2.75) is 18.4 Å². The van der Waals surface area contributed by atoms with Crippen LogP contribution in [0.3, 0.4) is 0 Å². The molecule has 180 valence electrons. The van der Waals surface area contributed by atoms with Gasteiger partial charge in [-0.05, 0) is 47.1 Å². The molecule has 7 nitrogen and oxygen atoms in total. The van der Waals surface area contributed by atoms with E-state index in [4.69, 9.17) is 0 Å². The number of piperazine rings is 1. The quantitative estimate of drug-likeness (QED) is 0.536. The van der Waals surface area contributed by atoms with Gasteiger partial charge in [-0.1, -0.05) is 49.4 Å². The van der Waals surface area contributed by atoms with Crippen molar-refractivity contribution in [1.82, 2.24) is 14.1 Å². The highest BCUT2D eigenvalue weighted by Gasteiger charge is 2.23. The Hall–Kier alpha value is -2.78. The average Bonchev–Trinajstić information content (AvgIpc) is 2.85. The van der Waals surface area contributed by atoms with Crippen LogP contribution < -0.4 is 5.32 Å². The fourth-order valence-electron chi connectivity index (χ4n) is 4.21. The Kier molecular flexibility index (Phi) is 7.63. The molecule has 0 unspecified atom stereocenters. The second-order valence-corrected chi connectivity index (χ2v) is 10.8. The second kappa shape index (κ2) is 10.7. The lowest BCUT2D eigenvalue weighted by Gasteiger charge is -2.34. The molecule has 1 saturated heterocycles. The summed E-state index contributed by atoms with van der Waals surface area (Å²) in [6.07, 6.45) is 0. The maximum atomic E-state index is 13.0. The summed E-state index contributed by atoms with van der Waals surface area (Å²) in [6, 6.07) is 20.3. The van der Waals surface area contributed by atoms with Crippen molar-refractivity contribution in [3.05, 3.63) is 72.3 Å². The predicted octanol–water partition coefficient (Wildman–Crippen LogP) is 3.24. The summed E-state index contributed by atoms with van der Waals surface area (Å²) in [5.41, 5.74) is 1.85. The highest BCUT2D eigenvalue weighted by molar-refractivity contribution is 7.89. The molecule has 0 aliphatic carbocycles. The Labute approximate surface area is 202 Å². The number of carbonyl (C=O) groups is 1. The number of anilines is 1. The molecule has 0 aromatic heterocycles. The summed E-state index contributed by atoms with van der Waals surface area (Å²) in [5.74, 6) is -0.379. The highest BCUT2D eigenvalue weighted by atomic mass is 32.2. The maximum Gasteiger partial charge on any atom is 0.243 e. The predicted molar refractivity (Wildman–Crippen MR) is 136 cm³/mol. The minimum Gasteiger partial charge on any atom is -0.325 e. The zero-order valence-electron chi connectivity index (χ0n) is 19.8. The number of carbonyl (C=O) groups excluding carboxylic acids is 1. The Morgan fingerprint density at radius 1 is 0.912 bits per heavy atom. The van der Waals surface area contributed by atoms with Crippen LogP contribution in [0.5, 0.6) is 0 Å². The van der Waals surface area contributed by atoms with E-state index in [1.165, 1.54) is 12.6 Å². The van der Waals surface area contributed by atoms with Gasteiger partial charge < -0.3 is 10.2 Å². The van der Waals surface area contributed by atoms with Crippen molar-refractivity contribution in [2.75, 3.05) is 51.6 Å². The number of hydrogen-bond donors (Lipinski definition) is 1. The molecule has 3 aromatic rings. The lowest BCUT2D eigenvalue weighted by Crippen LogP contribution is -2.45. The molecule has 3 aromatic carbocycles. The number of likely N-dealkylation sites (N-methyl/N-ethyl adjacent to an activating group) is 2. The van der Waals surface area contributed by atoms with Crippen LogP contribution in [0, 0.1) is 0 Å². The van der Waals surface area contributed by atoms with Crippen LogP contribution in [-0.2, 0) is 21.4 Å². The molecule has 1 aliphatic rings. The molecule has 0 bridgehead atoms. The van der Waals surface area contributed by atoms with Crippen LogP contribution in [0.4, 0.5) is 5.69 Å². The largest absolute Gasteiger partial charge is 0.325 e. The van der Waals surface area contributed by atoms with E-state index in [9.17, 15) is 13.2 Å². The summed E-state index contributed by atoms with van der Waals surface area (Å²) in [6.45, 7) is 8.23. The Morgan fingerprint density at radius 2 is 1.56 bits per heavy atom. The van der Waals surface area contributed by atoms with Gasteiger partial charge in [0, 0.05) is 45.5 Å². The first-order valence-corrected chi connectivity index (χ1v) is 13.1. The van der Waals surface area contributed by atoms with Crippen molar-refractivity contribution >= 4 is 32.4 Å². The van der Waals surface area contributed by atoms with E-state index in [1.807, 2.05) is 48.5 Å². The average molecular weight is 481 g/mol. The number of rotatable bonds is 8. The van der Waals surface area contributed by atoms with Gasteiger partial charge in [-0.2, -0.15) is 4.31 Å². The number of amides is 1. The van der Waals surface area contributed by atoms with Gasteiger partial charge >= 0.3 is 0 Å². The van der Waals surface area contributed by atoms with E-state index in [0.717, 1.165) is 54.3 Å². The maximum absolute atomic E-state index is 13.0. The van der Waals surface area contributed by atoms with Gasteiger partial charge in [-0.25, -0.2) is 8.42 Å². The number of sulfonamides is 1. The second-order valence-electron chi connectivity index (χ2n) is 8.73. The Morgan fingerprint density at radius 3 is 2.24 bits per heavy atom. The number of benzene rings is 3. The number of hydrogen-bond acceptors (Lipinski definition) is 5. The van der Waals surface area contributed by atoms with Gasteiger partial charge in [-0.15, -0.1) is 0 Å². The molecular weight excluding hydrogens is 448 g/mol. The zero-order chi connectivity index (χ0) is 24.1. The molecule has 1 fully saturated rings. The summed E-state index contributed by atoms with van der Waals surface area (Å²) >= 11 is 0. The number of fused-ring (bicyclic) bond motifs is 1. The molecule has 0 atom stereocenters. The van der Waals surface area contributed by atoms with E-state index in [-0.39, 0.29) is 17.3 Å². The van der Waals surface area contributed by atoms with Crippen molar-refractivity contribution in [2.24, 2.45) is 0 Å². The molecule has 1 aliphatic heterocycles. The third-order valence-corrected chi connectivity index (χ3v) is 8.15. The Balaban J connectivity index is 1.32. The van der Waals surface area contributed by atoms with Crippen LogP contribution in [0.1, 0.15) is 12.5 Å². The van der Waals surface area contributed by atoms with Gasteiger partial charge in [0.25, 0.3) is 0 Å². The molecule has 1 N–H and O–H groups in total. The minimum absolute atomic E-state index is 0.172. The van der Waals surface area contributed by atoms with Crippen LogP contribution in [0.2, 0.25) is 0 Å². The van der Waals surface area contributed by atoms with Crippen molar-refractivity contribution < 1.29 is 13.2 Å². The lowest BCUT2D eigenvalue weighted by molar-refractivity contribution is -0.116. The van der Waals surface area contributed by atoms with E-state index in [2.05, 4.69) is 22.0 Å². The first kappa shape index (κ1) is 24.3. The normalized spacial score (nSPS) is 15.6. The first-order valence-electron chi connectivity index (χ1n) is 11.6. The molecule has 1 amide bonds. The van der Waals surface area contributed by atoms with Crippen LogP contribution in [0.15, 0.2) is 71.6 Å². The summed E-state index contributed by atoms with van der Waals surface area (Å²) in [5, 5.41) is 4.61. The molecular formula is C26H32N4O3S. The molecule has 0 spiro atoms. The summed E-state index contributed by atoms with van der Waals surface area (Å²) < 4.78 is 27.0. The van der Waals surface area contributed by atoms with Gasteiger partial charge in [-0.3, -0.25) is 9.69 Å². The van der Waals surface area contributed by atoms with Crippen LogP contribution >= 0.6 is 0 Å². The fourth-order valence-corrected chi connectivity index (χ4v) is 5.37. The Bertz CT molecular complexity index is 1240. The van der Waals surface area contributed by atoms with E-state index < -0.39 is 10.0 Å². The SMILES string of the molecule is CCN1CCN(Cc2ccc(NC(=O)CN(C)S(=O)(=O)c3ccc4ccccc4c3)cc2)CC1. The zero-order valence-corrected chi connectivity index (χ0v) is 20.6. The van der Waals surface area contributed by atoms with Crippen molar-refractivity contribution in [3.63, 3.8) is 0 Å². The molecule has 8 heteroatoms. The monoisotopic (exact) mass is 480 g/mol. The third-order valence-electron chi connectivity index (χ3n) is 6.35. The summed E-state index contributed by atoms with van der Waals surface area (Å²) in [4.78, 5) is 17.6.